The normalized spacial score (nSPS) is 11.9. The fourth-order valence-corrected chi connectivity index (χ4v) is 2.96. The third kappa shape index (κ3) is 4.06. The van der Waals surface area contributed by atoms with Gasteiger partial charge in [0.1, 0.15) is 5.69 Å². The van der Waals surface area contributed by atoms with Crippen LogP contribution < -0.4 is 20.1 Å². The van der Waals surface area contributed by atoms with Crippen molar-refractivity contribution >= 4 is 11.6 Å². The molecule has 1 aromatic heterocycles. The number of aromatic nitrogens is 1. The molecule has 0 fully saturated rings. The quantitative estimate of drug-likeness (QED) is 0.688. The Bertz CT molecular complexity index is 987. The number of nitrogens with zero attached hydrogens (tertiary/aromatic N) is 1. The molecule has 2 aromatic carbocycles. The van der Waals surface area contributed by atoms with Crippen LogP contribution in [0.2, 0.25) is 0 Å². The van der Waals surface area contributed by atoms with Gasteiger partial charge in [-0.25, -0.2) is 4.98 Å². The number of nitrogens with one attached hydrogen (secondary N) is 2. The van der Waals surface area contributed by atoms with E-state index in [4.69, 9.17) is 9.47 Å². The van der Waals surface area contributed by atoms with Crippen molar-refractivity contribution in [3.8, 4) is 11.5 Å². The lowest BCUT2D eigenvalue weighted by Gasteiger charge is -2.09. The molecule has 0 unspecified atom stereocenters. The Balaban J connectivity index is 1.32. The van der Waals surface area contributed by atoms with Gasteiger partial charge in [0.15, 0.2) is 11.5 Å². The highest BCUT2D eigenvalue weighted by Gasteiger charge is 2.14. The molecule has 0 radical (unpaired) electrons. The lowest BCUT2D eigenvalue weighted by Crippen LogP contribution is -2.23. The zero-order chi connectivity index (χ0) is 19.3. The van der Waals surface area contributed by atoms with E-state index in [0.717, 1.165) is 17.0 Å². The molecule has 0 aliphatic carbocycles. The maximum Gasteiger partial charge on any atom is 0.270 e. The van der Waals surface area contributed by atoms with Crippen LogP contribution in [0.15, 0.2) is 60.8 Å². The van der Waals surface area contributed by atoms with Crippen molar-refractivity contribution in [2.24, 2.45) is 0 Å². The van der Waals surface area contributed by atoms with Gasteiger partial charge in [-0.15, -0.1) is 0 Å². The Kier molecular flexibility index (Phi) is 5.10. The third-order valence-corrected chi connectivity index (χ3v) is 4.63. The highest BCUT2D eigenvalue weighted by atomic mass is 16.7. The Hall–Kier alpha value is -3.54. The van der Waals surface area contributed by atoms with Gasteiger partial charge in [0.25, 0.3) is 5.91 Å². The molecule has 0 bridgehead atoms. The zero-order valence-electron chi connectivity index (χ0n) is 15.6. The summed E-state index contributed by atoms with van der Waals surface area (Å²) in [7, 11) is 0. The molecule has 4 rings (SSSR count). The van der Waals surface area contributed by atoms with Crippen molar-refractivity contribution in [1.82, 2.24) is 10.3 Å². The third-order valence-electron chi connectivity index (χ3n) is 4.63. The maximum absolute atomic E-state index is 12.3. The van der Waals surface area contributed by atoms with Crippen LogP contribution in [0, 0.1) is 6.92 Å². The first-order valence-electron chi connectivity index (χ1n) is 9.10. The Morgan fingerprint density at radius 1 is 1.04 bits per heavy atom. The topological polar surface area (TPSA) is 72.5 Å². The summed E-state index contributed by atoms with van der Waals surface area (Å²) in [6.45, 7) is 3.43. The van der Waals surface area contributed by atoms with E-state index in [9.17, 15) is 4.79 Å². The average molecular weight is 375 g/mol. The summed E-state index contributed by atoms with van der Waals surface area (Å²) < 4.78 is 10.6. The van der Waals surface area contributed by atoms with E-state index in [0.29, 0.717) is 24.5 Å². The molecule has 3 aromatic rings. The number of amides is 1. The second kappa shape index (κ2) is 8.00. The molecular weight excluding hydrogens is 354 g/mol. The van der Waals surface area contributed by atoms with E-state index >= 15 is 0 Å². The summed E-state index contributed by atoms with van der Waals surface area (Å²) in [5, 5.41) is 6.20. The molecule has 0 atom stereocenters. The summed E-state index contributed by atoms with van der Waals surface area (Å²) in [5.41, 5.74) is 4.65. The summed E-state index contributed by atoms with van der Waals surface area (Å²) in [5.74, 6) is 1.21. The first-order chi connectivity index (χ1) is 13.7. The number of pyridine rings is 1. The van der Waals surface area contributed by atoms with Gasteiger partial charge in [-0.05, 0) is 47.9 Å². The van der Waals surface area contributed by atoms with E-state index in [1.165, 1.54) is 11.1 Å². The van der Waals surface area contributed by atoms with Gasteiger partial charge in [-0.2, -0.15) is 0 Å². The molecule has 28 heavy (non-hydrogen) atoms. The average Bonchev–Trinajstić information content (AvgIpc) is 3.20. The fraction of sp³-hybridized carbons (Fsp3) is 0.182. The fourth-order valence-electron chi connectivity index (χ4n) is 2.96. The number of anilines is 1. The van der Waals surface area contributed by atoms with Crippen LogP contribution in [-0.2, 0) is 13.1 Å². The number of hydrogen-bond acceptors (Lipinski definition) is 5. The van der Waals surface area contributed by atoms with Gasteiger partial charge < -0.3 is 20.1 Å². The standard InChI is InChI=1S/C22H21N3O3/c1-15-4-2-3-5-17(15)12-23-18-7-8-19(24-13-18)22(26)25-11-16-6-9-20-21(10-16)28-14-27-20/h2-10,13,23H,11-12,14H2,1H3,(H,25,26). The molecule has 1 amide bonds. The van der Waals surface area contributed by atoms with Gasteiger partial charge in [0.05, 0.1) is 11.9 Å². The number of benzene rings is 2. The molecule has 2 N–H and O–H groups in total. The van der Waals surface area contributed by atoms with Gasteiger partial charge in [0.2, 0.25) is 6.79 Å². The second-order valence-electron chi connectivity index (χ2n) is 6.58. The largest absolute Gasteiger partial charge is 0.454 e. The molecule has 1 aliphatic heterocycles. The minimum Gasteiger partial charge on any atom is -0.454 e. The summed E-state index contributed by atoms with van der Waals surface area (Å²) in [6.07, 6.45) is 1.67. The van der Waals surface area contributed by atoms with Crippen LogP contribution in [-0.4, -0.2) is 17.7 Å². The van der Waals surface area contributed by atoms with Crippen LogP contribution in [0.3, 0.4) is 0 Å². The molecule has 1 aliphatic rings. The van der Waals surface area contributed by atoms with Crippen molar-refractivity contribution in [2.45, 2.75) is 20.0 Å². The van der Waals surface area contributed by atoms with Crippen LogP contribution in [0.5, 0.6) is 11.5 Å². The molecule has 6 heteroatoms. The van der Waals surface area contributed by atoms with Crippen LogP contribution in [0.25, 0.3) is 0 Å². The van der Waals surface area contributed by atoms with E-state index in [1.54, 1.807) is 12.3 Å². The molecule has 2 heterocycles. The van der Waals surface area contributed by atoms with Crippen molar-refractivity contribution < 1.29 is 14.3 Å². The van der Waals surface area contributed by atoms with E-state index < -0.39 is 0 Å². The first kappa shape index (κ1) is 17.9. The van der Waals surface area contributed by atoms with Crippen molar-refractivity contribution in [2.75, 3.05) is 12.1 Å². The Morgan fingerprint density at radius 3 is 2.71 bits per heavy atom. The summed E-state index contributed by atoms with van der Waals surface area (Å²) in [6, 6.07) is 17.4. The smallest absolute Gasteiger partial charge is 0.270 e. The lowest BCUT2D eigenvalue weighted by atomic mass is 10.1. The number of hydrogen-bond donors (Lipinski definition) is 2. The van der Waals surface area contributed by atoms with Gasteiger partial charge in [-0.1, -0.05) is 30.3 Å². The number of carbonyl (C=O) groups is 1. The summed E-state index contributed by atoms with van der Waals surface area (Å²) >= 11 is 0. The number of fused-ring (bicyclic) bond motifs is 1. The number of carbonyl (C=O) groups excluding carboxylic acids is 1. The first-order valence-corrected chi connectivity index (χ1v) is 9.10. The SMILES string of the molecule is Cc1ccccc1CNc1ccc(C(=O)NCc2ccc3c(c2)OCO3)nc1. The molecule has 0 saturated carbocycles. The highest BCUT2D eigenvalue weighted by molar-refractivity contribution is 5.92. The maximum atomic E-state index is 12.3. The van der Waals surface area contributed by atoms with Gasteiger partial charge in [-0.3, -0.25) is 4.79 Å². The molecule has 0 saturated heterocycles. The monoisotopic (exact) mass is 375 g/mol. The van der Waals surface area contributed by atoms with Crippen LogP contribution >= 0.6 is 0 Å². The second-order valence-corrected chi connectivity index (χ2v) is 6.58. The molecule has 142 valence electrons. The van der Waals surface area contributed by atoms with E-state index in [2.05, 4.69) is 34.7 Å². The van der Waals surface area contributed by atoms with Gasteiger partial charge >= 0.3 is 0 Å². The predicted molar refractivity (Wildman–Crippen MR) is 106 cm³/mol. The zero-order valence-corrected chi connectivity index (χ0v) is 15.6. The van der Waals surface area contributed by atoms with E-state index in [1.807, 2.05) is 36.4 Å². The number of aryl methyl sites for hydroxylation is 1. The van der Waals surface area contributed by atoms with Crippen LogP contribution in [0.1, 0.15) is 27.2 Å². The molecular formula is C22H21N3O3. The number of ether oxygens (including phenoxy) is 2. The number of rotatable bonds is 6. The lowest BCUT2D eigenvalue weighted by molar-refractivity contribution is 0.0946. The molecule has 6 nitrogen and oxygen atoms in total. The predicted octanol–water partition coefficient (Wildman–Crippen LogP) is 3.66. The minimum absolute atomic E-state index is 0.219. The van der Waals surface area contributed by atoms with E-state index in [-0.39, 0.29) is 12.7 Å². The van der Waals surface area contributed by atoms with Crippen molar-refractivity contribution in [1.29, 1.82) is 0 Å². The highest BCUT2D eigenvalue weighted by Crippen LogP contribution is 2.32. The van der Waals surface area contributed by atoms with Crippen LogP contribution in [0.4, 0.5) is 5.69 Å². The minimum atomic E-state index is -0.219. The Morgan fingerprint density at radius 2 is 1.89 bits per heavy atom. The Labute approximate surface area is 163 Å². The van der Waals surface area contributed by atoms with Crippen molar-refractivity contribution in [3.05, 3.63) is 83.2 Å². The van der Waals surface area contributed by atoms with Crippen molar-refractivity contribution in [3.63, 3.8) is 0 Å². The molecule has 0 spiro atoms. The summed E-state index contributed by atoms with van der Waals surface area (Å²) in [4.78, 5) is 16.6. The van der Waals surface area contributed by atoms with Gasteiger partial charge in [0, 0.05) is 13.1 Å².